The van der Waals surface area contributed by atoms with Crippen LogP contribution in [-0.2, 0) is 24.4 Å². The zero-order chi connectivity index (χ0) is 19.1. The first-order chi connectivity index (χ1) is 13.1. The fourth-order valence-electron chi connectivity index (χ4n) is 2.47. The van der Waals surface area contributed by atoms with E-state index in [1.54, 1.807) is 24.4 Å². The Morgan fingerprint density at radius 3 is 2.59 bits per heavy atom. The lowest BCUT2D eigenvalue weighted by molar-refractivity contribution is -0.120. The van der Waals surface area contributed by atoms with Gasteiger partial charge >= 0.3 is 0 Å². The van der Waals surface area contributed by atoms with E-state index >= 15 is 0 Å². The van der Waals surface area contributed by atoms with E-state index < -0.39 is 0 Å². The number of rotatable bonds is 7. The third-order valence-electron chi connectivity index (χ3n) is 3.88. The highest BCUT2D eigenvalue weighted by Crippen LogP contribution is 2.21. The Labute approximate surface area is 168 Å². The molecule has 138 valence electrons. The molecule has 4 nitrogen and oxygen atoms in total. The summed E-state index contributed by atoms with van der Waals surface area (Å²) >= 11 is 12.0. The number of nitrogens with zero attached hydrogens (tertiary/aromatic N) is 1. The highest BCUT2D eigenvalue weighted by molar-refractivity contribution is 6.35. The first-order valence-corrected chi connectivity index (χ1v) is 9.18. The molecule has 1 N–H and O–H groups in total. The van der Waals surface area contributed by atoms with Crippen LogP contribution in [0.3, 0.4) is 0 Å². The van der Waals surface area contributed by atoms with Crippen LogP contribution in [0.4, 0.5) is 0 Å². The number of amides is 1. The molecule has 0 aliphatic rings. The molecule has 1 amide bonds. The lowest BCUT2D eigenvalue weighted by atomic mass is 10.1. The Bertz CT molecular complexity index is 917. The molecule has 0 atom stereocenters. The molecule has 0 unspecified atom stereocenters. The third-order valence-corrected chi connectivity index (χ3v) is 4.47. The first-order valence-electron chi connectivity index (χ1n) is 8.42. The van der Waals surface area contributed by atoms with Gasteiger partial charge in [0.15, 0.2) is 0 Å². The largest absolute Gasteiger partial charge is 0.473 e. The van der Waals surface area contributed by atoms with Crippen LogP contribution in [0.15, 0.2) is 66.9 Å². The van der Waals surface area contributed by atoms with Gasteiger partial charge in [-0.25, -0.2) is 4.98 Å². The van der Waals surface area contributed by atoms with Gasteiger partial charge in [-0.15, -0.1) is 0 Å². The number of halogens is 2. The zero-order valence-corrected chi connectivity index (χ0v) is 16.0. The number of carbonyl (C=O) groups excluding carboxylic acids is 1. The Morgan fingerprint density at radius 2 is 1.81 bits per heavy atom. The molecule has 6 heteroatoms. The monoisotopic (exact) mass is 400 g/mol. The standard InChI is InChI=1S/C21H18Cl2N2O2/c22-18-7-6-17(19(23)12-18)11-20(26)25-13-16-8-9-24-21(10-16)27-14-15-4-2-1-3-5-15/h1-10,12H,11,13-14H2,(H,25,26). The summed E-state index contributed by atoms with van der Waals surface area (Å²) in [6.07, 6.45) is 1.86. The lowest BCUT2D eigenvalue weighted by Crippen LogP contribution is -2.24. The van der Waals surface area contributed by atoms with E-state index in [0.717, 1.165) is 16.7 Å². The van der Waals surface area contributed by atoms with Gasteiger partial charge in [0.05, 0.1) is 6.42 Å². The Morgan fingerprint density at radius 1 is 1.00 bits per heavy atom. The van der Waals surface area contributed by atoms with Gasteiger partial charge in [0.2, 0.25) is 11.8 Å². The second kappa shape index (κ2) is 9.40. The molecule has 0 spiro atoms. The summed E-state index contributed by atoms with van der Waals surface area (Å²) in [6, 6.07) is 18.6. The second-order valence-electron chi connectivity index (χ2n) is 5.97. The molecule has 0 radical (unpaired) electrons. The highest BCUT2D eigenvalue weighted by atomic mass is 35.5. The molecule has 1 heterocycles. The van der Waals surface area contributed by atoms with Gasteiger partial charge in [0, 0.05) is 28.9 Å². The predicted molar refractivity (Wildman–Crippen MR) is 107 cm³/mol. The van der Waals surface area contributed by atoms with Gasteiger partial charge < -0.3 is 10.1 Å². The summed E-state index contributed by atoms with van der Waals surface area (Å²) in [5, 5.41) is 3.91. The van der Waals surface area contributed by atoms with Crippen molar-refractivity contribution in [3.8, 4) is 5.88 Å². The van der Waals surface area contributed by atoms with E-state index in [1.165, 1.54) is 0 Å². The lowest BCUT2D eigenvalue weighted by Gasteiger charge is -2.09. The fourth-order valence-corrected chi connectivity index (χ4v) is 2.95. The maximum atomic E-state index is 12.2. The molecule has 3 aromatic rings. The van der Waals surface area contributed by atoms with Crippen LogP contribution in [-0.4, -0.2) is 10.9 Å². The van der Waals surface area contributed by atoms with Crippen molar-refractivity contribution in [2.75, 3.05) is 0 Å². The van der Waals surface area contributed by atoms with Gasteiger partial charge in [0.25, 0.3) is 0 Å². The van der Waals surface area contributed by atoms with Crippen LogP contribution in [0.25, 0.3) is 0 Å². The summed E-state index contributed by atoms with van der Waals surface area (Å²) in [5.74, 6) is 0.397. The average Bonchev–Trinajstić information content (AvgIpc) is 2.68. The van der Waals surface area contributed by atoms with Crippen LogP contribution in [0.5, 0.6) is 5.88 Å². The van der Waals surface area contributed by atoms with Crippen molar-refractivity contribution in [2.24, 2.45) is 0 Å². The normalized spacial score (nSPS) is 10.4. The minimum atomic E-state index is -0.122. The Hall–Kier alpha value is -2.56. The Kier molecular flexibility index (Phi) is 6.69. The van der Waals surface area contributed by atoms with Gasteiger partial charge in [0.1, 0.15) is 6.61 Å². The van der Waals surface area contributed by atoms with Crippen LogP contribution in [0, 0.1) is 0 Å². The molecule has 0 fully saturated rings. The van der Waals surface area contributed by atoms with Crippen LogP contribution >= 0.6 is 23.2 Å². The van der Waals surface area contributed by atoms with E-state index in [2.05, 4.69) is 10.3 Å². The number of pyridine rings is 1. The number of benzene rings is 2. The van der Waals surface area contributed by atoms with Crippen molar-refractivity contribution >= 4 is 29.1 Å². The highest BCUT2D eigenvalue weighted by Gasteiger charge is 2.08. The fraction of sp³-hybridized carbons (Fsp3) is 0.143. The van der Waals surface area contributed by atoms with Crippen LogP contribution in [0.2, 0.25) is 10.0 Å². The molecule has 1 aromatic heterocycles. The number of aromatic nitrogens is 1. The smallest absolute Gasteiger partial charge is 0.224 e. The quantitative estimate of drug-likeness (QED) is 0.617. The van der Waals surface area contributed by atoms with Crippen molar-refractivity contribution in [2.45, 2.75) is 19.6 Å². The van der Waals surface area contributed by atoms with Crippen LogP contribution < -0.4 is 10.1 Å². The van der Waals surface area contributed by atoms with E-state index in [9.17, 15) is 4.79 Å². The average molecular weight is 401 g/mol. The van der Waals surface area contributed by atoms with E-state index in [-0.39, 0.29) is 12.3 Å². The minimum absolute atomic E-state index is 0.122. The second-order valence-corrected chi connectivity index (χ2v) is 6.81. The molecule has 3 rings (SSSR count). The predicted octanol–water partition coefficient (Wildman–Crippen LogP) is 4.83. The van der Waals surface area contributed by atoms with Gasteiger partial charge in [-0.3, -0.25) is 4.79 Å². The summed E-state index contributed by atoms with van der Waals surface area (Å²) in [5.41, 5.74) is 2.71. The minimum Gasteiger partial charge on any atom is -0.473 e. The molecule has 0 saturated heterocycles. The summed E-state index contributed by atoms with van der Waals surface area (Å²) in [6.45, 7) is 0.826. The van der Waals surface area contributed by atoms with Crippen molar-refractivity contribution < 1.29 is 9.53 Å². The molecule has 27 heavy (non-hydrogen) atoms. The summed E-state index contributed by atoms with van der Waals surface area (Å²) in [7, 11) is 0. The number of carbonyl (C=O) groups is 1. The van der Waals surface area contributed by atoms with Crippen molar-refractivity contribution in [1.82, 2.24) is 10.3 Å². The summed E-state index contributed by atoms with van der Waals surface area (Å²) < 4.78 is 5.71. The Balaban J connectivity index is 1.52. The molecular formula is C21H18Cl2N2O2. The van der Waals surface area contributed by atoms with Gasteiger partial charge in [-0.2, -0.15) is 0 Å². The molecule has 0 aliphatic carbocycles. The molecule has 0 aliphatic heterocycles. The number of hydrogen-bond acceptors (Lipinski definition) is 3. The van der Waals surface area contributed by atoms with Gasteiger partial charge in [-0.05, 0) is 34.9 Å². The van der Waals surface area contributed by atoms with E-state index in [0.29, 0.717) is 29.1 Å². The van der Waals surface area contributed by atoms with Crippen molar-refractivity contribution in [3.63, 3.8) is 0 Å². The third kappa shape index (κ3) is 5.98. The molecular weight excluding hydrogens is 383 g/mol. The maximum Gasteiger partial charge on any atom is 0.224 e. The van der Waals surface area contributed by atoms with E-state index in [4.69, 9.17) is 27.9 Å². The molecule has 0 saturated carbocycles. The van der Waals surface area contributed by atoms with Crippen LogP contribution in [0.1, 0.15) is 16.7 Å². The summed E-state index contributed by atoms with van der Waals surface area (Å²) in [4.78, 5) is 16.4. The number of nitrogens with one attached hydrogen (secondary N) is 1. The van der Waals surface area contributed by atoms with Crippen molar-refractivity contribution in [1.29, 1.82) is 0 Å². The first kappa shape index (κ1) is 19.2. The topological polar surface area (TPSA) is 51.2 Å². The van der Waals surface area contributed by atoms with Gasteiger partial charge in [-0.1, -0.05) is 59.6 Å². The molecule has 0 bridgehead atoms. The zero-order valence-electron chi connectivity index (χ0n) is 14.5. The van der Waals surface area contributed by atoms with E-state index in [1.807, 2.05) is 42.5 Å². The number of hydrogen-bond donors (Lipinski definition) is 1. The molecule has 2 aromatic carbocycles. The number of ether oxygens (including phenoxy) is 1. The van der Waals surface area contributed by atoms with Crippen molar-refractivity contribution in [3.05, 3.63) is 93.6 Å². The SMILES string of the molecule is O=C(Cc1ccc(Cl)cc1Cl)NCc1ccnc(OCc2ccccc2)c1. The maximum absolute atomic E-state index is 12.2.